The van der Waals surface area contributed by atoms with E-state index in [9.17, 15) is 0 Å². The van der Waals surface area contributed by atoms with E-state index in [1.807, 2.05) is 25.1 Å². The van der Waals surface area contributed by atoms with Crippen LogP contribution in [0.25, 0.3) is 6.08 Å². The minimum atomic E-state index is 0.00961. The molecule has 0 spiro atoms. The number of nitrogens with zero attached hydrogens (tertiary/aromatic N) is 1. The second-order valence-corrected chi connectivity index (χ2v) is 3.34. The summed E-state index contributed by atoms with van der Waals surface area (Å²) in [5, 5.41) is 0.416. The van der Waals surface area contributed by atoms with E-state index in [0.717, 1.165) is 5.56 Å². The number of aromatic nitrogens is 1. The molecule has 0 aliphatic heterocycles. The number of nitrogens with two attached hydrogens (primary N) is 1. The van der Waals surface area contributed by atoms with Gasteiger partial charge in [0.2, 0.25) is 5.88 Å². The largest absolute Gasteiger partial charge is 0.481 e. The van der Waals surface area contributed by atoms with Gasteiger partial charge in [-0.25, -0.2) is 4.98 Å². The first-order valence-corrected chi connectivity index (χ1v) is 4.65. The zero-order valence-corrected chi connectivity index (χ0v) is 8.95. The van der Waals surface area contributed by atoms with Crippen LogP contribution in [0.15, 0.2) is 18.2 Å². The fourth-order valence-electron chi connectivity index (χ4n) is 0.974. The fraction of sp³-hybridized carbons (Fsp3) is 0.300. The lowest BCUT2D eigenvalue weighted by Gasteiger charge is -2.03. The lowest BCUT2D eigenvalue weighted by Crippen LogP contribution is -2.10. The molecule has 0 aliphatic rings. The fourth-order valence-corrected chi connectivity index (χ4v) is 1.11. The van der Waals surface area contributed by atoms with E-state index < -0.39 is 0 Å². The summed E-state index contributed by atoms with van der Waals surface area (Å²) in [6, 6.07) is 3.56. The highest BCUT2D eigenvalue weighted by Gasteiger charge is 2.01. The lowest BCUT2D eigenvalue weighted by molar-refractivity contribution is 0.397. The first kappa shape index (κ1) is 11.0. The third-order valence-corrected chi connectivity index (χ3v) is 1.84. The Morgan fingerprint density at radius 3 is 2.86 bits per heavy atom. The van der Waals surface area contributed by atoms with Crippen LogP contribution in [0, 0.1) is 0 Å². The number of hydrogen-bond donors (Lipinski definition) is 1. The van der Waals surface area contributed by atoms with Crippen molar-refractivity contribution < 1.29 is 4.74 Å². The molecule has 1 atom stereocenters. The quantitative estimate of drug-likeness (QED) is 0.781. The number of hydrogen-bond acceptors (Lipinski definition) is 3. The smallest absolute Gasteiger partial charge is 0.221 e. The second kappa shape index (κ2) is 4.98. The summed E-state index contributed by atoms with van der Waals surface area (Å²) < 4.78 is 5.07. The second-order valence-electron chi connectivity index (χ2n) is 2.95. The Morgan fingerprint density at radius 1 is 1.57 bits per heavy atom. The van der Waals surface area contributed by atoms with Gasteiger partial charge < -0.3 is 10.5 Å². The Labute approximate surface area is 88.5 Å². The molecule has 0 saturated heterocycles. The van der Waals surface area contributed by atoms with Crippen LogP contribution in [0.4, 0.5) is 0 Å². The maximum absolute atomic E-state index is 5.72. The summed E-state index contributed by atoms with van der Waals surface area (Å²) in [5.74, 6) is 0.509. The van der Waals surface area contributed by atoms with Crippen molar-refractivity contribution in [2.24, 2.45) is 5.73 Å². The molecule has 1 aromatic heterocycles. The van der Waals surface area contributed by atoms with Crippen molar-refractivity contribution in [2.45, 2.75) is 13.0 Å². The molecule has 1 unspecified atom stereocenters. The molecular weight excluding hydrogens is 200 g/mol. The number of pyridine rings is 1. The minimum Gasteiger partial charge on any atom is -0.481 e. The molecule has 1 rings (SSSR count). The Bertz CT molecular complexity index is 337. The Hall–Kier alpha value is -1.06. The molecule has 1 heterocycles. The molecular formula is C10H13ClN2O. The maximum atomic E-state index is 5.72. The van der Waals surface area contributed by atoms with Gasteiger partial charge in [0, 0.05) is 11.6 Å². The van der Waals surface area contributed by atoms with Crippen LogP contribution in [0.3, 0.4) is 0 Å². The molecule has 76 valence electrons. The number of rotatable bonds is 3. The first-order chi connectivity index (χ1) is 6.63. The monoisotopic (exact) mass is 212 g/mol. The third kappa shape index (κ3) is 3.01. The standard InChI is InChI=1S/C10H13ClN2O/c1-7(12)3-4-8-5-6-9(11)13-10(8)14-2/h3-7H,12H2,1-2H3/b4-3+. The topological polar surface area (TPSA) is 48.1 Å². The predicted octanol–water partition coefficient (Wildman–Crippen LogP) is 2.10. The van der Waals surface area contributed by atoms with Crippen molar-refractivity contribution in [3.05, 3.63) is 28.9 Å². The summed E-state index contributed by atoms with van der Waals surface area (Å²) >= 11 is 5.72. The van der Waals surface area contributed by atoms with Crippen LogP contribution >= 0.6 is 11.6 Å². The van der Waals surface area contributed by atoms with Gasteiger partial charge in [0.1, 0.15) is 5.15 Å². The van der Waals surface area contributed by atoms with Crippen LogP contribution in [0.1, 0.15) is 12.5 Å². The molecule has 1 aromatic rings. The van der Waals surface area contributed by atoms with Crippen molar-refractivity contribution in [3.8, 4) is 5.88 Å². The highest BCUT2D eigenvalue weighted by Crippen LogP contribution is 2.19. The van der Waals surface area contributed by atoms with Gasteiger partial charge in [0.25, 0.3) is 0 Å². The van der Waals surface area contributed by atoms with Crippen molar-refractivity contribution in [3.63, 3.8) is 0 Å². The van der Waals surface area contributed by atoms with E-state index >= 15 is 0 Å². The van der Waals surface area contributed by atoms with Gasteiger partial charge in [-0.3, -0.25) is 0 Å². The van der Waals surface area contributed by atoms with Crippen LogP contribution in [0.2, 0.25) is 5.15 Å². The first-order valence-electron chi connectivity index (χ1n) is 4.28. The molecule has 0 aromatic carbocycles. The Balaban J connectivity index is 2.96. The predicted molar refractivity (Wildman–Crippen MR) is 58.5 cm³/mol. The molecule has 0 aliphatic carbocycles. The molecule has 3 nitrogen and oxygen atoms in total. The van der Waals surface area contributed by atoms with Crippen LogP contribution in [0.5, 0.6) is 5.88 Å². The summed E-state index contributed by atoms with van der Waals surface area (Å²) in [6.45, 7) is 1.90. The summed E-state index contributed by atoms with van der Waals surface area (Å²) in [5.41, 5.74) is 6.46. The van der Waals surface area contributed by atoms with Gasteiger partial charge >= 0.3 is 0 Å². The number of halogens is 1. The van der Waals surface area contributed by atoms with Crippen molar-refractivity contribution in [1.29, 1.82) is 0 Å². The molecule has 4 heteroatoms. The minimum absolute atomic E-state index is 0.00961. The normalized spacial score (nSPS) is 13.1. The number of methoxy groups -OCH3 is 1. The average molecular weight is 213 g/mol. The highest BCUT2D eigenvalue weighted by atomic mass is 35.5. The third-order valence-electron chi connectivity index (χ3n) is 1.63. The van der Waals surface area contributed by atoms with E-state index in [0.29, 0.717) is 11.0 Å². The molecule has 14 heavy (non-hydrogen) atoms. The Morgan fingerprint density at radius 2 is 2.29 bits per heavy atom. The van der Waals surface area contributed by atoms with Gasteiger partial charge in [0.05, 0.1) is 7.11 Å². The summed E-state index contributed by atoms with van der Waals surface area (Å²) in [4.78, 5) is 4.02. The summed E-state index contributed by atoms with van der Waals surface area (Å²) in [7, 11) is 1.56. The SMILES string of the molecule is COc1nc(Cl)ccc1/C=C/C(C)N. The van der Waals surface area contributed by atoms with Crippen LogP contribution in [-0.4, -0.2) is 18.1 Å². The average Bonchev–Trinajstić information content (AvgIpc) is 2.15. The lowest BCUT2D eigenvalue weighted by atomic mass is 10.2. The molecule has 0 radical (unpaired) electrons. The Kier molecular flexibility index (Phi) is 3.92. The van der Waals surface area contributed by atoms with Crippen LogP contribution in [-0.2, 0) is 0 Å². The zero-order chi connectivity index (χ0) is 10.6. The van der Waals surface area contributed by atoms with E-state index in [1.54, 1.807) is 13.2 Å². The van der Waals surface area contributed by atoms with E-state index in [4.69, 9.17) is 22.1 Å². The molecule has 2 N–H and O–H groups in total. The molecule has 0 fully saturated rings. The van der Waals surface area contributed by atoms with E-state index in [1.165, 1.54) is 0 Å². The van der Waals surface area contributed by atoms with Crippen molar-refractivity contribution in [1.82, 2.24) is 4.98 Å². The van der Waals surface area contributed by atoms with Crippen molar-refractivity contribution in [2.75, 3.05) is 7.11 Å². The molecule has 0 amide bonds. The summed E-state index contributed by atoms with van der Waals surface area (Å²) in [6.07, 6.45) is 3.74. The molecule has 0 bridgehead atoms. The van der Waals surface area contributed by atoms with Gasteiger partial charge in [-0.15, -0.1) is 0 Å². The van der Waals surface area contributed by atoms with E-state index in [-0.39, 0.29) is 6.04 Å². The van der Waals surface area contributed by atoms with Crippen molar-refractivity contribution >= 4 is 17.7 Å². The number of ether oxygens (including phenoxy) is 1. The van der Waals surface area contributed by atoms with E-state index in [2.05, 4.69) is 4.98 Å². The van der Waals surface area contributed by atoms with Gasteiger partial charge in [0.15, 0.2) is 0 Å². The van der Waals surface area contributed by atoms with Gasteiger partial charge in [-0.05, 0) is 19.1 Å². The maximum Gasteiger partial charge on any atom is 0.221 e. The van der Waals surface area contributed by atoms with Gasteiger partial charge in [-0.2, -0.15) is 0 Å². The highest BCUT2D eigenvalue weighted by molar-refractivity contribution is 6.29. The zero-order valence-electron chi connectivity index (χ0n) is 8.20. The van der Waals surface area contributed by atoms with Crippen LogP contribution < -0.4 is 10.5 Å². The van der Waals surface area contributed by atoms with Gasteiger partial charge in [-0.1, -0.05) is 23.8 Å². The molecule has 0 saturated carbocycles.